The highest BCUT2D eigenvalue weighted by Crippen LogP contribution is 2.18. The average molecular weight is 323 g/mol. The summed E-state index contributed by atoms with van der Waals surface area (Å²) in [5, 5.41) is 3.89. The third-order valence-electron chi connectivity index (χ3n) is 2.83. The molecule has 0 aliphatic carbocycles. The lowest BCUT2D eigenvalue weighted by molar-refractivity contribution is 0.0782. The number of hydrogen-bond donors (Lipinski definition) is 0. The molecule has 2 aromatic rings. The van der Waals surface area contributed by atoms with E-state index in [1.807, 2.05) is 38.1 Å². The van der Waals surface area contributed by atoms with Crippen molar-refractivity contribution in [2.24, 2.45) is 0 Å². The van der Waals surface area contributed by atoms with E-state index in [0.717, 1.165) is 21.5 Å². The lowest BCUT2D eigenvalue weighted by Gasteiger charge is -2.16. The van der Waals surface area contributed by atoms with E-state index in [4.69, 9.17) is 4.52 Å². The lowest BCUT2D eigenvalue weighted by Crippen LogP contribution is -2.26. The first kappa shape index (κ1) is 13.8. The van der Waals surface area contributed by atoms with Crippen molar-refractivity contribution in [3.8, 4) is 0 Å². The lowest BCUT2D eigenvalue weighted by atomic mass is 10.1. The topological polar surface area (TPSA) is 46.3 Å². The van der Waals surface area contributed by atoms with Gasteiger partial charge in [0.1, 0.15) is 11.5 Å². The van der Waals surface area contributed by atoms with Crippen molar-refractivity contribution >= 4 is 21.8 Å². The molecule has 0 spiro atoms. The summed E-state index contributed by atoms with van der Waals surface area (Å²) in [5.74, 6) is 0.714. The van der Waals surface area contributed by atoms with Crippen molar-refractivity contribution in [1.82, 2.24) is 10.1 Å². The molecule has 0 bridgehead atoms. The van der Waals surface area contributed by atoms with Crippen LogP contribution in [0.5, 0.6) is 0 Å². The Labute approximate surface area is 120 Å². The maximum Gasteiger partial charge on any atom is 0.253 e. The van der Waals surface area contributed by atoms with E-state index < -0.39 is 0 Å². The molecule has 1 aromatic heterocycles. The van der Waals surface area contributed by atoms with E-state index in [0.29, 0.717) is 12.1 Å². The van der Waals surface area contributed by atoms with E-state index in [9.17, 15) is 4.79 Å². The van der Waals surface area contributed by atoms with Gasteiger partial charge in [0.25, 0.3) is 5.91 Å². The van der Waals surface area contributed by atoms with Crippen molar-refractivity contribution in [2.45, 2.75) is 20.4 Å². The van der Waals surface area contributed by atoms with Crippen molar-refractivity contribution in [3.05, 3.63) is 51.3 Å². The van der Waals surface area contributed by atoms with Gasteiger partial charge in [-0.05, 0) is 37.6 Å². The minimum absolute atomic E-state index is 0.0312. The number of amides is 1. The minimum Gasteiger partial charge on any atom is -0.361 e. The third kappa shape index (κ3) is 3.23. The largest absolute Gasteiger partial charge is 0.361 e. The van der Waals surface area contributed by atoms with Gasteiger partial charge in [0.05, 0.1) is 6.54 Å². The smallest absolute Gasteiger partial charge is 0.253 e. The van der Waals surface area contributed by atoms with Gasteiger partial charge in [-0.25, -0.2) is 0 Å². The fourth-order valence-corrected chi connectivity index (χ4v) is 2.05. The highest BCUT2D eigenvalue weighted by Gasteiger charge is 2.14. The summed E-state index contributed by atoms with van der Waals surface area (Å²) in [6, 6.07) is 7.40. The van der Waals surface area contributed by atoms with Crippen molar-refractivity contribution in [3.63, 3.8) is 0 Å². The molecule has 5 heteroatoms. The Balaban J connectivity index is 2.12. The minimum atomic E-state index is -0.0312. The number of hydrogen-bond acceptors (Lipinski definition) is 3. The maximum absolute atomic E-state index is 12.3. The summed E-state index contributed by atoms with van der Waals surface area (Å²) < 4.78 is 5.99. The zero-order valence-electron chi connectivity index (χ0n) is 11.1. The quantitative estimate of drug-likeness (QED) is 0.870. The highest BCUT2D eigenvalue weighted by molar-refractivity contribution is 9.10. The Morgan fingerprint density at radius 1 is 1.37 bits per heavy atom. The molecule has 4 nitrogen and oxygen atoms in total. The van der Waals surface area contributed by atoms with Gasteiger partial charge in [-0.2, -0.15) is 0 Å². The molecular weight excluding hydrogens is 308 g/mol. The number of aryl methyl sites for hydroxylation is 2. The van der Waals surface area contributed by atoms with Crippen LogP contribution in [0.2, 0.25) is 0 Å². The number of aromatic nitrogens is 1. The van der Waals surface area contributed by atoms with E-state index in [2.05, 4.69) is 21.1 Å². The van der Waals surface area contributed by atoms with Gasteiger partial charge < -0.3 is 9.42 Å². The first-order valence-electron chi connectivity index (χ1n) is 5.91. The van der Waals surface area contributed by atoms with E-state index in [1.54, 1.807) is 11.9 Å². The molecular formula is C14H15BrN2O2. The standard InChI is InChI=1S/C14H15BrN2O2/c1-9-6-11(4-5-13(9)15)14(18)17(3)8-12-7-10(2)19-16-12/h4-7H,8H2,1-3H3. The second-order valence-corrected chi connectivity index (χ2v) is 5.41. The van der Waals surface area contributed by atoms with Crippen LogP contribution in [0.1, 0.15) is 27.4 Å². The van der Waals surface area contributed by atoms with E-state index in [1.165, 1.54) is 0 Å². The van der Waals surface area contributed by atoms with Gasteiger partial charge in [-0.1, -0.05) is 21.1 Å². The van der Waals surface area contributed by atoms with Crippen LogP contribution in [0.3, 0.4) is 0 Å². The molecule has 0 saturated carbocycles. The SMILES string of the molecule is Cc1cc(CN(C)C(=O)c2ccc(Br)c(C)c2)no1. The van der Waals surface area contributed by atoms with Gasteiger partial charge in [-0.3, -0.25) is 4.79 Å². The van der Waals surface area contributed by atoms with Crippen LogP contribution in [0.25, 0.3) is 0 Å². The molecule has 0 aliphatic heterocycles. The summed E-state index contributed by atoms with van der Waals surface area (Å²) in [4.78, 5) is 13.9. The third-order valence-corrected chi connectivity index (χ3v) is 3.72. The Hall–Kier alpha value is -1.62. The first-order valence-corrected chi connectivity index (χ1v) is 6.70. The molecule has 1 amide bonds. The number of carbonyl (C=O) groups is 1. The first-order chi connectivity index (χ1) is 8.97. The van der Waals surface area contributed by atoms with Gasteiger partial charge in [0.15, 0.2) is 0 Å². The summed E-state index contributed by atoms with van der Waals surface area (Å²) >= 11 is 3.42. The summed E-state index contributed by atoms with van der Waals surface area (Å²) in [6.07, 6.45) is 0. The van der Waals surface area contributed by atoms with Crippen molar-refractivity contribution in [1.29, 1.82) is 0 Å². The Morgan fingerprint density at radius 3 is 2.68 bits per heavy atom. The molecule has 0 atom stereocenters. The normalized spacial score (nSPS) is 10.5. The summed E-state index contributed by atoms with van der Waals surface area (Å²) in [6.45, 7) is 4.23. The monoisotopic (exact) mass is 322 g/mol. The molecule has 0 N–H and O–H groups in total. The number of rotatable bonds is 3. The van der Waals surface area contributed by atoms with Crippen molar-refractivity contribution < 1.29 is 9.32 Å². The van der Waals surface area contributed by atoms with Crippen LogP contribution in [-0.2, 0) is 6.54 Å². The van der Waals surface area contributed by atoms with Crippen LogP contribution < -0.4 is 0 Å². The molecule has 0 fully saturated rings. The number of benzene rings is 1. The molecule has 2 rings (SSSR count). The zero-order valence-corrected chi connectivity index (χ0v) is 12.7. The Kier molecular flexibility index (Phi) is 4.04. The molecule has 0 radical (unpaired) electrons. The number of carbonyl (C=O) groups excluding carboxylic acids is 1. The van der Waals surface area contributed by atoms with Gasteiger partial charge >= 0.3 is 0 Å². The maximum atomic E-state index is 12.3. The van der Waals surface area contributed by atoms with Crippen LogP contribution in [0.15, 0.2) is 33.3 Å². The number of nitrogens with zero attached hydrogens (tertiary/aromatic N) is 2. The Bertz CT molecular complexity index is 607. The number of halogens is 1. The van der Waals surface area contributed by atoms with Crippen molar-refractivity contribution in [2.75, 3.05) is 7.05 Å². The van der Waals surface area contributed by atoms with Gasteiger partial charge in [0, 0.05) is 23.2 Å². The average Bonchev–Trinajstić information content (AvgIpc) is 2.77. The Morgan fingerprint density at radius 2 is 2.11 bits per heavy atom. The van der Waals surface area contributed by atoms with Crippen LogP contribution >= 0.6 is 15.9 Å². The van der Waals surface area contributed by atoms with Crippen LogP contribution in [0.4, 0.5) is 0 Å². The molecule has 0 aliphatic rings. The molecule has 100 valence electrons. The molecule has 0 unspecified atom stereocenters. The van der Waals surface area contributed by atoms with E-state index >= 15 is 0 Å². The van der Waals surface area contributed by atoms with Gasteiger partial charge in [0.2, 0.25) is 0 Å². The predicted octanol–water partition coefficient (Wildman–Crippen LogP) is 3.33. The molecule has 1 heterocycles. The fraction of sp³-hybridized carbons (Fsp3) is 0.286. The molecule has 0 saturated heterocycles. The zero-order chi connectivity index (χ0) is 14.0. The highest BCUT2D eigenvalue weighted by atomic mass is 79.9. The second kappa shape index (κ2) is 5.57. The second-order valence-electron chi connectivity index (χ2n) is 4.55. The predicted molar refractivity (Wildman–Crippen MR) is 75.9 cm³/mol. The fourth-order valence-electron chi connectivity index (χ4n) is 1.81. The molecule has 19 heavy (non-hydrogen) atoms. The van der Waals surface area contributed by atoms with Crippen LogP contribution in [0, 0.1) is 13.8 Å². The summed E-state index contributed by atoms with van der Waals surface area (Å²) in [5.41, 5.74) is 2.46. The molecule has 1 aromatic carbocycles. The van der Waals surface area contributed by atoms with Gasteiger partial charge in [-0.15, -0.1) is 0 Å². The summed E-state index contributed by atoms with van der Waals surface area (Å²) in [7, 11) is 1.75. The van der Waals surface area contributed by atoms with Crippen LogP contribution in [-0.4, -0.2) is 23.0 Å². The van der Waals surface area contributed by atoms with E-state index in [-0.39, 0.29) is 5.91 Å².